The summed E-state index contributed by atoms with van der Waals surface area (Å²) in [6.45, 7) is 4.83. The number of hydrogen-bond acceptors (Lipinski definition) is 5. The maximum atomic E-state index is 11.8. The maximum Gasteiger partial charge on any atom is 0.339 e. The fourth-order valence-electron chi connectivity index (χ4n) is 3.91. The van der Waals surface area contributed by atoms with Crippen LogP contribution in [-0.2, 0) is 4.74 Å². The van der Waals surface area contributed by atoms with Crippen molar-refractivity contribution in [3.63, 3.8) is 0 Å². The third kappa shape index (κ3) is 6.88. The van der Waals surface area contributed by atoms with Crippen LogP contribution < -0.4 is 9.47 Å². The zero-order valence-corrected chi connectivity index (χ0v) is 21.4. The fraction of sp³-hybridized carbons (Fsp3) is 0.200. The molecule has 3 aromatic carbocycles. The van der Waals surface area contributed by atoms with E-state index in [0.29, 0.717) is 24.0 Å². The van der Waals surface area contributed by atoms with E-state index in [-0.39, 0.29) is 24.0 Å². The monoisotopic (exact) mass is 517 g/mol. The second kappa shape index (κ2) is 12.4. The zero-order chi connectivity index (χ0) is 26.2. The average molecular weight is 518 g/mol. The lowest BCUT2D eigenvalue weighted by Crippen LogP contribution is -2.15. The van der Waals surface area contributed by atoms with Gasteiger partial charge in [0.15, 0.2) is 0 Å². The summed E-state index contributed by atoms with van der Waals surface area (Å²) in [5, 5.41) is 11.3. The third-order valence-electron chi connectivity index (χ3n) is 5.66. The number of benzene rings is 3. The molecule has 0 spiro atoms. The minimum atomic E-state index is -1.08. The van der Waals surface area contributed by atoms with Gasteiger partial charge in [0.2, 0.25) is 0 Å². The molecule has 0 fully saturated rings. The molecule has 190 valence electrons. The highest BCUT2D eigenvalue weighted by molar-refractivity contribution is 6.31. The first-order chi connectivity index (χ1) is 18.0. The number of carbonyl (C=O) groups is 1. The SMILES string of the molecule is CCOc1ccc(OCC(OCC)c2cccc(/C=C/c3ccc4ccc(Cl)cc4n3)c2)c(C(=O)O)c1. The summed E-state index contributed by atoms with van der Waals surface area (Å²) < 4.78 is 17.3. The molecule has 4 rings (SSSR count). The van der Waals surface area contributed by atoms with Crippen LogP contribution in [0.25, 0.3) is 23.1 Å². The van der Waals surface area contributed by atoms with E-state index in [1.54, 1.807) is 12.1 Å². The van der Waals surface area contributed by atoms with Gasteiger partial charge >= 0.3 is 5.97 Å². The number of nitrogens with zero attached hydrogens (tertiary/aromatic N) is 1. The van der Waals surface area contributed by atoms with Crippen molar-refractivity contribution in [1.29, 1.82) is 0 Å². The van der Waals surface area contributed by atoms with Gasteiger partial charge in [-0.3, -0.25) is 0 Å². The quantitative estimate of drug-likeness (QED) is 0.225. The molecule has 1 atom stereocenters. The van der Waals surface area contributed by atoms with Gasteiger partial charge < -0.3 is 19.3 Å². The highest BCUT2D eigenvalue weighted by Crippen LogP contribution is 2.27. The van der Waals surface area contributed by atoms with Crippen LogP contribution in [0.2, 0.25) is 5.02 Å². The summed E-state index contributed by atoms with van der Waals surface area (Å²) in [5.41, 5.74) is 3.60. The van der Waals surface area contributed by atoms with Gasteiger partial charge in [-0.05, 0) is 73.5 Å². The van der Waals surface area contributed by atoms with Gasteiger partial charge in [-0.2, -0.15) is 0 Å². The molecule has 1 unspecified atom stereocenters. The van der Waals surface area contributed by atoms with Gasteiger partial charge in [-0.25, -0.2) is 9.78 Å². The molecule has 0 aliphatic heterocycles. The molecule has 0 saturated carbocycles. The molecular formula is C30H28ClNO5. The van der Waals surface area contributed by atoms with E-state index in [1.165, 1.54) is 6.07 Å². The standard InChI is InChI=1S/C30H28ClNO5/c1-3-35-25-14-15-28(26(18-25)30(33)34)37-19-29(36-4-2)22-7-5-6-20(16-22)8-12-24-13-10-21-9-11-23(31)17-27(21)32-24/h5-18,29H,3-4,19H2,1-2H3,(H,33,34)/b12-8+. The Labute approximate surface area is 221 Å². The Morgan fingerprint density at radius 3 is 2.59 bits per heavy atom. The normalized spacial score (nSPS) is 12.1. The Bertz CT molecular complexity index is 1420. The smallest absolute Gasteiger partial charge is 0.339 e. The van der Waals surface area contributed by atoms with Crippen molar-refractivity contribution >= 4 is 40.6 Å². The largest absolute Gasteiger partial charge is 0.494 e. The van der Waals surface area contributed by atoms with Crippen molar-refractivity contribution in [1.82, 2.24) is 4.98 Å². The van der Waals surface area contributed by atoms with E-state index in [2.05, 4.69) is 4.98 Å². The number of aromatic nitrogens is 1. The van der Waals surface area contributed by atoms with E-state index in [1.807, 2.05) is 80.6 Å². The number of fused-ring (bicyclic) bond motifs is 1. The summed E-state index contributed by atoms with van der Waals surface area (Å²) in [6, 6.07) is 22.3. The van der Waals surface area contributed by atoms with Crippen LogP contribution in [0, 0.1) is 0 Å². The van der Waals surface area contributed by atoms with Crippen molar-refractivity contribution in [2.75, 3.05) is 19.8 Å². The lowest BCUT2D eigenvalue weighted by molar-refractivity contribution is 0.0260. The van der Waals surface area contributed by atoms with Crippen molar-refractivity contribution < 1.29 is 24.1 Å². The number of carboxylic acid groups (broad SMARTS) is 1. The first-order valence-corrected chi connectivity index (χ1v) is 12.4. The Balaban J connectivity index is 1.51. The molecule has 7 heteroatoms. The van der Waals surface area contributed by atoms with Crippen LogP contribution in [0.15, 0.2) is 72.8 Å². The number of rotatable bonds is 11. The summed E-state index contributed by atoms with van der Waals surface area (Å²) in [5.74, 6) is -0.336. The van der Waals surface area contributed by atoms with E-state index in [0.717, 1.165) is 27.7 Å². The number of carboxylic acids is 1. The Morgan fingerprint density at radius 1 is 0.973 bits per heavy atom. The number of pyridine rings is 1. The molecule has 1 aromatic heterocycles. The fourth-order valence-corrected chi connectivity index (χ4v) is 4.08. The van der Waals surface area contributed by atoms with Gasteiger partial charge in [0.25, 0.3) is 0 Å². The summed E-state index contributed by atoms with van der Waals surface area (Å²) >= 11 is 6.11. The van der Waals surface area contributed by atoms with Gasteiger partial charge in [0, 0.05) is 17.0 Å². The molecule has 0 radical (unpaired) electrons. The van der Waals surface area contributed by atoms with E-state index in [4.69, 9.17) is 25.8 Å². The average Bonchev–Trinajstić information content (AvgIpc) is 2.90. The lowest BCUT2D eigenvalue weighted by Gasteiger charge is -2.19. The van der Waals surface area contributed by atoms with Crippen LogP contribution in [0.3, 0.4) is 0 Å². The maximum absolute atomic E-state index is 11.8. The zero-order valence-electron chi connectivity index (χ0n) is 20.7. The first kappa shape index (κ1) is 26.2. The molecule has 1 N–H and O–H groups in total. The van der Waals surface area contributed by atoms with Gasteiger partial charge in [-0.15, -0.1) is 0 Å². The van der Waals surface area contributed by atoms with Crippen molar-refractivity contribution in [2.45, 2.75) is 20.0 Å². The third-order valence-corrected chi connectivity index (χ3v) is 5.89. The van der Waals surface area contributed by atoms with Crippen LogP contribution in [-0.4, -0.2) is 35.9 Å². The van der Waals surface area contributed by atoms with Crippen molar-refractivity contribution in [3.05, 3.63) is 100 Å². The minimum absolute atomic E-state index is 0.0436. The van der Waals surface area contributed by atoms with Crippen molar-refractivity contribution in [3.8, 4) is 11.5 Å². The highest BCUT2D eigenvalue weighted by Gasteiger charge is 2.17. The lowest BCUT2D eigenvalue weighted by atomic mass is 10.1. The molecule has 4 aromatic rings. The Morgan fingerprint density at radius 2 is 1.81 bits per heavy atom. The predicted octanol–water partition coefficient (Wildman–Crippen LogP) is 7.31. The van der Waals surface area contributed by atoms with E-state index >= 15 is 0 Å². The predicted molar refractivity (Wildman–Crippen MR) is 147 cm³/mol. The molecule has 6 nitrogen and oxygen atoms in total. The molecule has 1 heterocycles. The Kier molecular flexibility index (Phi) is 8.77. The van der Waals surface area contributed by atoms with Crippen LogP contribution in [0.5, 0.6) is 11.5 Å². The minimum Gasteiger partial charge on any atom is -0.494 e. The van der Waals surface area contributed by atoms with Gasteiger partial charge in [0.1, 0.15) is 29.8 Å². The molecular weight excluding hydrogens is 490 g/mol. The number of ether oxygens (including phenoxy) is 3. The second-order valence-electron chi connectivity index (χ2n) is 8.23. The molecule has 37 heavy (non-hydrogen) atoms. The number of hydrogen-bond donors (Lipinski definition) is 1. The molecule has 0 aliphatic rings. The summed E-state index contributed by atoms with van der Waals surface area (Å²) in [7, 11) is 0. The molecule has 0 amide bonds. The topological polar surface area (TPSA) is 77.9 Å². The second-order valence-corrected chi connectivity index (χ2v) is 8.66. The van der Waals surface area contributed by atoms with Crippen LogP contribution in [0.4, 0.5) is 0 Å². The molecule has 0 aliphatic carbocycles. The summed E-state index contributed by atoms with van der Waals surface area (Å²) in [6.07, 6.45) is 3.55. The van der Waals surface area contributed by atoms with Crippen LogP contribution in [0.1, 0.15) is 47.1 Å². The number of halogens is 1. The highest BCUT2D eigenvalue weighted by atomic mass is 35.5. The number of aromatic carboxylic acids is 1. The molecule has 0 saturated heterocycles. The molecule has 0 bridgehead atoms. The van der Waals surface area contributed by atoms with Crippen LogP contribution >= 0.6 is 11.6 Å². The van der Waals surface area contributed by atoms with E-state index in [9.17, 15) is 9.90 Å². The van der Waals surface area contributed by atoms with Gasteiger partial charge in [-0.1, -0.05) is 48.0 Å². The Hall–Kier alpha value is -3.87. The summed E-state index contributed by atoms with van der Waals surface area (Å²) in [4.78, 5) is 16.4. The van der Waals surface area contributed by atoms with Crippen molar-refractivity contribution in [2.24, 2.45) is 0 Å². The van der Waals surface area contributed by atoms with Gasteiger partial charge in [0.05, 0.1) is 17.8 Å². The first-order valence-electron chi connectivity index (χ1n) is 12.1. The van der Waals surface area contributed by atoms with E-state index < -0.39 is 5.97 Å².